The third kappa shape index (κ3) is 12.0. The van der Waals surface area contributed by atoms with Gasteiger partial charge in [-0.25, -0.2) is 0 Å². The van der Waals surface area contributed by atoms with E-state index in [1.165, 1.54) is 103 Å². The molecule has 0 heterocycles. The number of hydrogen-bond donors (Lipinski definition) is 0. The molecule has 0 N–H and O–H groups in total. The molecule has 0 aliphatic heterocycles. The summed E-state index contributed by atoms with van der Waals surface area (Å²) in [5, 5.41) is 0. The third-order valence-corrected chi connectivity index (χ3v) is 8.54. The molecule has 1 nitrogen and oxygen atoms in total. The Hall–Kier alpha value is -1.11. The van der Waals surface area contributed by atoms with Crippen LogP contribution in [0.25, 0.3) is 0 Å². The third-order valence-electron chi connectivity index (χ3n) is 8.54. The van der Waals surface area contributed by atoms with Gasteiger partial charge in [-0.2, -0.15) is 0 Å². The summed E-state index contributed by atoms with van der Waals surface area (Å²) in [6, 6.07) is 9.80. The Morgan fingerprint density at radius 2 is 0.971 bits per heavy atom. The van der Waals surface area contributed by atoms with Crippen LogP contribution in [0, 0.1) is 23.7 Å². The number of ketones is 1. The molecule has 1 aromatic carbocycles. The highest BCUT2D eigenvalue weighted by Gasteiger charge is 2.22. The fourth-order valence-electron chi connectivity index (χ4n) is 6.26. The van der Waals surface area contributed by atoms with Crippen molar-refractivity contribution in [3.05, 3.63) is 35.4 Å². The first kappa shape index (κ1) is 29.1. The number of benzene rings is 1. The predicted octanol–water partition coefficient (Wildman–Crippen LogP) is 10.1. The van der Waals surface area contributed by atoms with Crippen molar-refractivity contribution in [3.63, 3.8) is 0 Å². The van der Waals surface area contributed by atoms with Crippen molar-refractivity contribution in [3.8, 4) is 0 Å². The number of carbonyl (C=O) groups is 1. The van der Waals surface area contributed by atoms with E-state index in [4.69, 9.17) is 0 Å². The quantitative estimate of drug-likeness (QED) is 0.298. The summed E-state index contributed by atoms with van der Waals surface area (Å²) in [5.74, 6) is 4.26. The molecule has 0 unspecified atom stereocenters. The molecular formula is C33H56O. The minimum atomic E-state index is 0.289. The summed E-state index contributed by atoms with van der Waals surface area (Å²) in [4.78, 5) is 10.0. The van der Waals surface area contributed by atoms with Crippen LogP contribution in [0.3, 0.4) is 0 Å². The van der Waals surface area contributed by atoms with Crippen LogP contribution in [0.2, 0.25) is 0 Å². The SMILES string of the molecule is CCCC(C)=O.CCCCC1CCC(Cc2ccc(CC3CCC(CCCC)CC3)cc2)CC1. The van der Waals surface area contributed by atoms with Crippen LogP contribution < -0.4 is 0 Å². The van der Waals surface area contributed by atoms with Crippen molar-refractivity contribution in [2.45, 2.75) is 143 Å². The maximum absolute atomic E-state index is 10.0. The Morgan fingerprint density at radius 3 is 1.24 bits per heavy atom. The molecule has 0 aromatic heterocycles. The van der Waals surface area contributed by atoms with E-state index in [0.29, 0.717) is 0 Å². The summed E-state index contributed by atoms with van der Waals surface area (Å²) < 4.78 is 0. The zero-order valence-electron chi connectivity index (χ0n) is 23.3. The van der Waals surface area contributed by atoms with Crippen molar-refractivity contribution in [2.75, 3.05) is 0 Å². The number of Topliss-reactive ketones (excluding diaryl/α,β-unsaturated/α-hetero) is 1. The van der Waals surface area contributed by atoms with Crippen LogP contribution in [0.5, 0.6) is 0 Å². The second-order valence-corrected chi connectivity index (χ2v) is 11.7. The van der Waals surface area contributed by atoms with E-state index in [1.54, 1.807) is 18.1 Å². The first-order valence-corrected chi connectivity index (χ1v) is 15.1. The summed E-state index contributed by atoms with van der Waals surface area (Å²) in [7, 11) is 0. The molecular weight excluding hydrogens is 412 g/mol. The van der Waals surface area contributed by atoms with Crippen molar-refractivity contribution < 1.29 is 4.79 Å². The van der Waals surface area contributed by atoms with Crippen molar-refractivity contribution >= 4 is 5.78 Å². The molecule has 2 aliphatic carbocycles. The zero-order valence-corrected chi connectivity index (χ0v) is 23.3. The molecule has 1 heteroatoms. The zero-order chi connectivity index (χ0) is 24.6. The minimum Gasteiger partial charge on any atom is -0.300 e. The highest BCUT2D eigenvalue weighted by Crippen LogP contribution is 2.35. The molecule has 2 fully saturated rings. The maximum Gasteiger partial charge on any atom is 0.129 e. The second kappa shape index (κ2) is 17.3. The van der Waals surface area contributed by atoms with Crippen molar-refractivity contribution in [1.29, 1.82) is 0 Å². The van der Waals surface area contributed by atoms with Gasteiger partial charge in [0.1, 0.15) is 5.78 Å². The molecule has 0 spiro atoms. The van der Waals surface area contributed by atoms with E-state index in [2.05, 4.69) is 38.1 Å². The number of rotatable bonds is 12. The largest absolute Gasteiger partial charge is 0.300 e. The first-order chi connectivity index (χ1) is 16.5. The van der Waals surface area contributed by atoms with Gasteiger partial charge in [-0.1, -0.05) is 109 Å². The smallest absolute Gasteiger partial charge is 0.129 e. The Labute approximate surface area is 212 Å². The van der Waals surface area contributed by atoms with E-state index in [1.807, 2.05) is 6.92 Å². The standard InChI is InChI=1S/C28H46.C5H10O/c1-3-5-7-23-9-13-25(14-10-23)21-27-17-19-28(20-18-27)22-26-15-11-24(12-16-26)8-6-4-2;1-3-4-5(2)6/h17-20,23-26H,3-16,21-22H2,1-2H3;3-4H2,1-2H3. The minimum absolute atomic E-state index is 0.289. The highest BCUT2D eigenvalue weighted by atomic mass is 16.1. The van der Waals surface area contributed by atoms with Crippen LogP contribution >= 0.6 is 0 Å². The molecule has 3 rings (SSSR count). The Bertz CT molecular complexity index is 580. The van der Waals surface area contributed by atoms with Gasteiger partial charge in [-0.15, -0.1) is 0 Å². The molecule has 2 saturated carbocycles. The molecule has 0 saturated heterocycles. The van der Waals surface area contributed by atoms with E-state index in [9.17, 15) is 4.79 Å². The lowest BCUT2D eigenvalue weighted by atomic mass is 9.77. The van der Waals surface area contributed by atoms with E-state index in [-0.39, 0.29) is 5.78 Å². The van der Waals surface area contributed by atoms with Crippen molar-refractivity contribution in [1.82, 2.24) is 0 Å². The molecule has 0 amide bonds. The molecule has 0 radical (unpaired) electrons. The lowest BCUT2D eigenvalue weighted by Gasteiger charge is -2.29. The van der Waals surface area contributed by atoms with Crippen LogP contribution in [0.1, 0.15) is 142 Å². The van der Waals surface area contributed by atoms with E-state index in [0.717, 1.165) is 36.5 Å². The second-order valence-electron chi connectivity index (χ2n) is 11.7. The summed E-state index contributed by atoms with van der Waals surface area (Å²) in [6.07, 6.45) is 24.8. The number of carbonyl (C=O) groups excluding carboxylic acids is 1. The van der Waals surface area contributed by atoms with Gasteiger partial charge in [-0.05, 0) is 86.7 Å². The summed E-state index contributed by atoms with van der Waals surface area (Å²) in [6.45, 7) is 8.27. The van der Waals surface area contributed by atoms with Gasteiger partial charge < -0.3 is 4.79 Å². The molecule has 0 bridgehead atoms. The van der Waals surface area contributed by atoms with E-state index >= 15 is 0 Å². The summed E-state index contributed by atoms with van der Waals surface area (Å²) in [5.41, 5.74) is 3.17. The van der Waals surface area contributed by atoms with Crippen LogP contribution in [0.4, 0.5) is 0 Å². The van der Waals surface area contributed by atoms with Crippen LogP contribution in [-0.2, 0) is 17.6 Å². The number of unbranched alkanes of at least 4 members (excludes halogenated alkanes) is 2. The topological polar surface area (TPSA) is 17.1 Å². The maximum atomic E-state index is 10.0. The fourth-order valence-corrected chi connectivity index (χ4v) is 6.26. The van der Waals surface area contributed by atoms with Gasteiger partial charge in [0.15, 0.2) is 0 Å². The van der Waals surface area contributed by atoms with Gasteiger partial charge in [0, 0.05) is 6.42 Å². The average molecular weight is 469 g/mol. The highest BCUT2D eigenvalue weighted by molar-refractivity contribution is 5.75. The Balaban J connectivity index is 0.000000604. The van der Waals surface area contributed by atoms with E-state index < -0.39 is 0 Å². The predicted molar refractivity (Wildman–Crippen MR) is 149 cm³/mol. The van der Waals surface area contributed by atoms with Crippen LogP contribution in [0.15, 0.2) is 24.3 Å². The monoisotopic (exact) mass is 468 g/mol. The van der Waals surface area contributed by atoms with Gasteiger partial charge in [0.25, 0.3) is 0 Å². The van der Waals surface area contributed by atoms with Crippen LogP contribution in [-0.4, -0.2) is 5.78 Å². The lowest BCUT2D eigenvalue weighted by molar-refractivity contribution is -0.117. The molecule has 2 aliphatic rings. The van der Waals surface area contributed by atoms with Gasteiger partial charge in [0.2, 0.25) is 0 Å². The first-order valence-electron chi connectivity index (χ1n) is 15.1. The molecule has 1 aromatic rings. The van der Waals surface area contributed by atoms with Gasteiger partial charge in [-0.3, -0.25) is 0 Å². The lowest BCUT2D eigenvalue weighted by Crippen LogP contribution is -2.17. The van der Waals surface area contributed by atoms with Gasteiger partial charge in [0.05, 0.1) is 0 Å². The Morgan fingerprint density at radius 1 is 0.618 bits per heavy atom. The normalized spacial score (nSPS) is 24.8. The summed E-state index contributed by atoms with van der Waals surface area (Å²) >= 11 is 0. The molecule has 194 valence electrons. The molecule has 34 heavy (non-hydrogen) atoms. The average Bonchev–Trinajstić information content (AvgIpc) is 2.85. The molecule has 0 atom stereocenters. The fraction of sp³-hybridized carbons (Fsp3) is 0.788. The van der Waals surface area contributed by atoms with Gasteiger partial charge >= 0.3 is 0 Å². The Kier molecular flexibility index (Phi) is 14.9. The number of hydrogen-bond acceptors (Lipinski definition) is 1. The van der Waals surface area contributed by atoms with Crippen molar-refractivity contribution in [2.24, 2.45) is 23.7 Å².